The maximum absolute atomic E-state index is 13.5. The molecule has 2 atom stereocenters. The number of phenols is 2. The van der Waals surface area contributed by atoms with Gasteiger partial charge in [0.2, 0.25) is 18.4 Å². The van der Waals surface area contributed by atoms with Gasteiger partial charge in [-0.1, -0.05) is 0 Å². The second kappa shape index (κ2) is 14.6. The minimum absolute atomic E-state index is 0.0244. The number of allylic oxidation sites excluding steroid dienone is 1. The summed E-state index contributed by atoms with van der Waals surface area (Å²) >= 11 is 2.52. The molecule has 258 valence electrons. The smallest absolute Gasteiger partial charge is 0.290 e. The van der Waals surface area contributed by atoms with Crippen LogP contribution in [-0.2, 0) is 37.1 Å². The lowest BCUT2D eigenvalue weighted by atomic mass is 10.0. The maximum Gasteiger partial charge on any atom is 0.290 e. The molecule has 0 aliphatic carbocycles. The van der Waals surface area contributed by atoms with Crippen molar-refractivity contribution >= 4 is 58.8 Å². The summed E-state index contributed by atoms with van der Waals surface area (Å²) in [6.07, 6.45) is 5.23. The number of rotatable bonds is 11. The van der Waals surface area contributed by atoms with Crippen LogP contribution in [0.5, 0.6) is 11.5 Å². The molecule has 0 spiro atoms. The van der Waals surface area contributed by atoms with Crippen molar-refractivity contribution in [2.75, 3.05) is 23.4 Å². The van der Waals surface area contributed by atoms with Crippen LogP contribution < -0.4 is 20.3 Å². The Kier molecular flexibility index (Phi) is 10.1. The number of carbonyl (C=O) groups excluding carboxylic acids is 5. The SMILES string of the molecule is O=C(C[n+]1ccc(CN2CC/C(=C\C3=C(C(=O)[O-])N4C(=O)[C@@H](NC(=O)CSc5ccc(O)cc5)[C@H]4SC3)C2=O)cc1)Nc1ccc(O)c(F)c1. The third-order valence-corrected chi connectivity index (χ3v) is 10.5. The maximum atomic E-state index is 13.5. The zero-order valence-electron chi connectivity index (χ0n) is 26.2. The van der Waals surface area contributed by atoms with Gasteiger partial charge < -0.3 is 35.6 Å². The Morgan fingerprint density at radius 1 is 1.06 bits per heavy atom. The summed E-state index contributed by atoms with van der Waals surface area (Å²) < 4.78 is 15.2. The van der Waals surface area contributed by atoms with Crippen molar-refractivity contribution in [1.82, 2.24) is 15.1 Å². The predicted molar refractivity (Wildman–Crippen MR) is 177 cm³/mol. The average Bonchev–Trinajstić information content (AvgIpc) is 3.43. The van der Waals surface area contributed by atoms with Crippen LogP contribution in [0.25, 0.3) is 0 Å². The van der Waals surface area contributed by atoms with Gasteiger partial charge in [0.1, 0.15) is 17.2 Å². The van der Waals surface area contributed by atoms with Gasteiger partial charge in [-0.15, -0.1) is 23.5 Å². The molecule has 0 radical (unpaired) electrons. The predicted octanol–water partition coefficient (Wildman–Crippen LogP) is 1.02. The second-order valence-electron chi connectivity index (χ2n) is 11.6. The number of likely N-dealkylation sites (tertiary alicyclic amines) is 1. The number of carboxylic acid groups (broad SMARTS) is 1. The standard InChI is InChI=1S/C34H30FN5O8S2/c35-25-14-22(1-6-26(25)42)36-27(43)16-38-10-7-19(8-11-38)15-39-12-9-20(31(39)45)13-21-17-50-33-29(32(46)40(33)30(21)34(47)48)37-28(44)18-49-24-4-2-23(41)3-5-24/h1-8,10-11,13-14,29,33H,9,12,15-18H2,(H4-,36,37,41,42,43,44,47,48)/b20-13+/t29-,33-/m1/s1. The number of anilines is 1. The molecule has 2 fully saturated rings. The van der Waals surface area contributed by atoms with Gasteiger partial charge in [0.15, 0.2) is 24.0 Å². The summed E-state index contributed by atoms with van der Waals surface area (Å²) in [7, 11) is 0. The van der Waals surface area contributed by atoms with Gasteiger partial charge in [0.05, 0.1) is 17.4 Å². The summed E-state index contributed by atoms with van der Waals surface area (Å²) in [5.41, 5.74) is 1.37. The molecule has 0 saturated carbocycles. The summed E-state index contributed by atoms with van der Waals surface area (Å²) in [5, 5.41) is 35.6. The van der Waals surface area contributed by atoms with Gasteiger partial charge in [-0.25, -0.2) is 4.39 Å². The number of fused-ring (bicyclic) bond motifs is 1. The Balaban J connectivity index is 1.04. The van der Waals surface area contributed by atoms with Crippen LogP contribution in [0.2, 0.25) is 0 Å². The molecule has 6 rings (SSSR count). The number of hydrogen-bond acceptors (Lipinski definition) is 10. The minimum Gasteiger partial charge on any atom is -0.543 e. The normalized spacial score (nSPS) is 19.3. The zero-order valence-corrected chi connectivity index (χ0v) is 27.8. The number of amides is 4. The highest BCUT2D eigenvalue weighted by molar-refractivity contribution is 8.00. The number of β-lactam (4-membered cyclic amide) rings is 1. The number of phenolic OH excluding ortho intramolecular Hbond substituents is 2. The first kappa shape index (κ1) is 34.5. The average molecular weight is 720 g/mol. The molecule has 50 heavy (non-hydrogen) atoms. The molecule has 3 aromatic rings. The number of aliphatic carboxylic acids is 1. The Hall–Kier alpha value is -5.35. The van der Waals surface area contributed by atoms with E-state index in [-0.39, 0.29) is 53.2 Å². The van der Waals surface area contributed by atoms with Crippen molar-refractivity contribution < 1.29 is 48.2 Å². The minimum atomic E-state index is -1.55. The Morgan fingerprint density at radius 2 is 1.80 bits per heavy atom. The summed E-state index contributed by atoms with van der Waals surface area (Å²) in [4.78, 5) is 67.0. The first-order valence-corrected chi connectivity index (χ1v) is 17.4. The van der Waals surface area contributed by atoms with E-state index in [9.17, 15) is 43.7 Å². The summed E-state index contributed by atoms with van der Waals surface area (Å²) in [6, 6.07) is 12.5. The highest BCUT2D eigenvalue weighted by atomic mass is 32.2. The van der Waals surface area contributed by atoms with Crippen LogP contribution in [0.4, 0.5) is 10.1 Å². The van der Waals surface area contributed by atoms with Gasteiger partial charge in [-0.05, 0) is 60.0 Å². The van der Waals surface area contributed by atoms with E-state index in [0.717, 1.165) is 27.5 Å². The number of hydrogen-bond donors (Lipinski definition) is 4. The molecule has 4 amide bonds. The van der Waals surface area contributed by atoms with Crippen LogP contribution in [0.1, 0.15) is 12.0 Å². The van der Waals surface area contributed by atoms with E-state index in [1.54, 1.807) is 46.1 Å². The number of nitrogens with one attached hydrogen (secondary N) is 2. The van der Waals surface area contributed by atoms with Crippen LogP contribution >= 0.6 is 23.5 Å². The van der Waals surface area contributed by atoms with E-state index in [2.05, 4.69) is 10.6 Å². The highest BCUT2D eigenvalue weighted by Gasteiger charge is 2.52. The fourth-order valence-electron chi connectivity index (χ4n) is 5.68. The van der Waals surface area contributed by atoms with Gasteiger partial charge in [0.25, 0.3) is 11.8 Å². The van der Waals surface area contributed by atoms with Crippen molar-refractivity contribution in [1.29, 1.82) is 0 Å². The molecule has 3 aliphatic heterocycles. The third kappa shape index (κ3) is 7.60. The molecule has 2 saturated heterocycles. The van der Waals surface area contributed by atoms with Crippen LogP contribution in [0.3, 0.4) is 0 Å². The van der Waals surface area contributed by atoms with Crippen LogP contribution in [-0.4, -0.2) is 79.1 Å². The van der Waals surface area contributed by atoms with Gasteiger partial charge >= 0.3 is 0 Å². The topological polar surface area (TPSA) is 183 Å². The highest BCUT2D eigenvalue weighted by Crippen LogP contribution is 2.41. The molecule has 2 aromatic carbocycles. The van der Waals surface area contributed by atoms with Gasteiger partial charge in [-0.3, -0.25) is 24.1 Å². The molecule has 16 heteroatoms. The van der Waals surface area contributed by atoms with Gasteiger partial charge in [0, 0.05) is 53.2 Å². The Morgan fingerprint density at radius 3 is 2.50 bits per heavy atom. The molecule has 13 nitrogen and oxygen atoms in total. The number of nitrogens with zero attached hydrogens (tertiary/aromatic N) is 3. The third-order valence-electron chi connectivity index (χ3n) is 8.17. The fraction of sp³-hybridized carbons (Fsp3) is 0.235. The molecule has 4 heterocycles. The van der Waals surface area contributed by atoms with Crippen molar-refractivity contribution in [3.8, 4) is 11.5 Å². The molecule has 0 bridgehead atoms. The van der Waals surface area contributed by atoms with E-state index in [1.807, 2.05) is 0 Å². The van der Waals surface area contributed by atoms with Crippen molar-refractivity contribution in [2.24, 2.45) is 0 Å². The number of aromatic nitrogens is 1. The summed E-state index contributed by atoms with van der Waals surface area (Å²) in [6.45, 7) is 0.615. The second-order valence-corrected chi connectivity index (χ2v) is 13.8. The quantitative estimate of drug-likeness (QED) is 0.0734. The van der Waals surface area contributed by atoms with E-state index in [4.69, 9.17) is 0 Å². The zero-order chi connectivity index (χ0) is 35.5. The van der Waals surface area contributed by atoms with E-state index >= 15 is 0 Å². The number of halogens is 1. The molecule has 0 unspecified atom stereocenters. The van der Waals surface area contributed by atoms with E-state index in [0.29, 0.717) is 18.5 Å². The van der Waals surface area contributed by atoms with Crippen molar-refractivity contribution in [3.63, 3.8) is 0 Å². The number of aromatic hydroxyl groups is 2. The van der Waals surface area contributed by atoms with Crippen molar-refractivity contribution in [3.05, 3.63) is 101 Å². The molecule has 4 N–H and O–H groups in total. The first-order valence-electron chi connectivity index (χ1n) is 15.3. The number of thioether (sulfide) groups is 2. The van der Waals surface area contributed by atoms with Crippen molar-refractivity contribution in [2.45, 2.75) is 35.8 Å². The fourth-order valence-corrected chi connectivity index (χ4v) is 7.70. The molecular weight excluding hydrogens is 690 g/mol. The largest absolute Gasteiger partial charge is 0.543 e. The number of carbonyl (C=O) groups is 5. The lowest BCUT2D eigenvalue weighted by Crippen LogP contribution is -2.71. The number of benzene rings is 2. The van der Waals surface area contributed by atoms with Crippen LogP contribution in [0.15, 0.2) is 94.8 Å². The van der Waals surface area contributed by atoms with Gasteiger partial charge in [-0.2, -0.15) is 4.57 Å². The molecular formula is C34H30FN5O8S2. The summed E-state index contributed by atoms with van der Waals surface area (Å²) in [5.74, 6) is -4.25. The Labute approximate surface area is 293 Å². The molecule has 1 aromatic heterocycles. The number of carboxylic acids is 1. The monoisotopic (exact) mass is 719 g/mol. The molecule has 3 aliphatic rings. The van der Waals surface area contributed by atoms with Crippen LogP contribution in [0, 0.1) is 5.82 Å². The number of pyridine rings is 1. The van der Waals surface area contributed by atoms with E-state index in [1.165, 1.54) is 47.8 Å². The van der Waals surface area contributed by atoms with E-state index < -0.39 is 46.7 Å². The first-order chi connectivity index (χ1) is 24.0. The lowest BCUT2D eigenvalue weighted by molar-refractivity contribution is -0.684. The lowest BCUT2D eigenvalue weighted by Gasteiger charge is -2.50. The Bertz CT molecular complexity index is 1940.